The standard InChI is InChI=1S/C20H25FN6O/c1-2-22-20(23-10-3-13-27-14-4-11-25-27)24-12-9-18-15-28-19(26-18)16-5-7-17(21)8-6-16/h4-8,11,14-15H,2-3,9-10,12-13H2,1H3,(H2,22,23,24). The Labute approximate surface area is 163 Å². The number of nitrogens with zero attached hydrogens (tertiary/aromatic N) is 4. The number of aryl methyl sites for hydroxylation is 1. The van der Waals surface area contributed by atoms with Crippen molar-refractivity contribution in [2.75, 3.05) is 19.6 Å². The number of benzene rings is 1. The summed E-state index contributed by atoms with van der Waals surface area (Å²) in [5, 5.41) is 10.7. The zero-order chi connectivity index (χ0) is 19.6. The summed E-state index contributed by atoms with van der Waals surface area (Å²) in [6, 6.07) is 8.02. The summed E-state index contributed by atoms with van der Waals surface area (Å²) in [4.78, 5) is 9.04. The second-order valence-corrected chi connectivity index (χ2v) is 6.21. The molecule has 3 aromatic rings. The van der Waals surface area contributed by atoms with Gasteiger partial charge in [-0.25, -0.2) is 9.37 Å². The molecule has 2 aromatic heterocycles. The lowest BCUT2D eigenvalue weighted by Crippen LogP contribution is -2.38. The van der Waals surface area contributed by atoms with E-state index in [1.54, 1.807) is 24.6 Å². The van der Waals surface area contributed by atoms with Crippen LogP contribution in [-0.4, -0.2) is 40.4 Å². The number of aliphatic imine (C=N–C) groups is 1. The first kappa shape index (κ1) is 19.6. The zero-order valence-corrected chi connectivity index (χ0v) is 15.9. The molecule has 2 heterocycles. The molecule has 0 aliphatic carbocycles. The zero-order valence-electron chi connectivity index (χ0n) is 15.9. The van der Waals surface area contributed by atoms with Crippen molar-refractivity contribution in [2.24, 2.45) is 4.99 Å². The van der Waals surface area contributed by atoms with Gasteiger partial charge in [0.15, 0.2) is 5.96 Å². The Hall–Kier alpha value is -3.16. The van der Waals surface area contributed by atoms with Crippen molar-refractivity contribution >= 4 is 5.96 Å². The van der Waals surface area contributed by atoms with Gasteiger partial charge in [0, 0.05) is 50.6 Å². The molecular formula is C20H25FN6O. The Morgan fingerprint density at radius 2 is 2.11 bits per heavy atom. The fraction of sp³-hybridized carbons (Fsp3) is 0.350. The van der Waals surface area contributed by atoms with Crippen LogP contribution < -0.4 is 10.6 Å². The molecule has 148 valence electrons. The van der Waals surface area contributed by atoms with Gasteiger partial charge in [-0.3, -0.25) is 9.67 Å². The van der Waals surface area contributed by atoms with Crippen LogP contribution in [0.2, 0.25) is 0 Å². The Bertz CT molecular complexity index is 857. The van der Waals surface area contributed by atoms with Crippen molar-refractivity contribution in [3.8, 4) is 11.5 Å². The number of hydrogen-bond acceptors (Lipinski definition) is 4. The van der Waals surface area contributed by atoms with Gasteiger partial charge < -0.3 is 15.1 Å². The Balaban J connectivity index is 1.44. The molecule has 0 unspecified atom stereocenters. The van der Waals surface area contributed by atoms with Gasteiger partial charge in [0.25, 0.3) is 0 Å². The quantitative estimate of drug-likeness (QED) is 0.337. The Morgan fingerprint density at radius 1 is 1.25 bits per heavy atom. The molecule has 0 saturated carbocycles. The van der Waals surface area contributed by atoms with E-state index in [1.165, 1.54) is 12.1 Å². The summed E-state index contributed by atoms with van der Waals surface area (Å²) >= 11 is 0. The number of aromatic nitrogens is 3. The maximum absolute atomic E-state index is 13.0. The molecule has 0 saturated heterocycles. The number of halogens is 1. The topological polar surface area (TPSA) is 80.3 Å². The minimum absolute atomic E-state index is 0.278. The van der Waals surface area contributed by atoms with Crippen molar-refractivity contribution in [1.29, 1.82) is 0 Å². The third kappa shape index (κ3) is 5.94. The van der Waals surface area contributed by atoms with Gasteiger partial charge in [-0.1, -0.05) is 0 Å². The van der Waals surface area contributed by atoms with Crippen molar-refractivity contribution in [1.82, 2.24) is 25.4 Å². The SMILES string of the molecule is CCNC(=NCCCn1cccn1)NCCc1coc(-c2ccc(F)cc2)n1. The summed E-state index contributed by atoms with van der Waals surface area (Å²) in [6.45, 7) is 5.08. The number of rotatable bonds is 9. The molecule has 28 heavy (non-hydrogen) atoms. The van der Waals surface area contributed by atoms with E-state index in [2.05, 4.69) is 25.7 Å². The van der Waals surface area contributed by atoms with Crippen LogP contribution in [0.1, 0.15) is 19.0 Å². The molecule has 0 aliphatic rings. The van der Waals surface area contributed by atoms with Gasteiger partial charge in [0.1, 0.15) is 12.1 Å². The molecule has 0 amide bonds. The van der Waals surface area contributed by atoms with Gasteiger partial charge in [-0.05, 0) is 43.7 Å². The van der Waals surface area contributed by atoms with Crippen LogP contribution in [0.4, 0.5) is 4.39 Å². The third-order valence-electron chi connectivity index (χ3n) is 4.04. The average Bonchev–Trinajstić information content (AvgIpc) is 3.38. The lowest BCUT2D eigenvalue weighted by atomic mass is 10.2. The van der Waals surface area contributed by atoms with Gasteiger partial charge in [-0.15, -0.1) is 0 Å². The molecule has 2 N–H and O–H groups in total. The molecule has 1 aromatic carbocycles. The Morgan fingerprint density at radius 3 is 2.86 bits per heavy atom. The highest BCUT2D eigenvalue weighted by Crippen LogP contribution is 2.18. The molecule has 0 spiro atoms. The minimum Gasteiger partial charge on any atom is -0.444 e. The second-order valence-electron chi connectivity index (χ2n) is 6.21. The smallest absolute Gasteiger partial charge is 0.226 e. The largest absolute Gasteiger partial charge is 0.444 e. The van der Waals surface area contributed by atoms with E-state index in [-0.39, 0.29) is 5.82 Å². The summed E-state index contributed by atoms with van der Waals surface area (Å²) in [6.07, 6.45) is 6.98. The van der Waals surface area contributed by atoms with E-state index in [4.69, 9.17) is 4.42 Å². The van der Waals surface area contributed by atoms with Crippen molar-refractivity contribution in [3.05, 3.63) is 60.5 Å². The van der Waals surface area contributed by atoms with Crippen LogP contribution in [0.3, 0.4) is 0 Å². The van der Waals surface area contributed by atoms with E-state index < -0.39 is 0 Å². The third-order valence-corrected chi connectivity index (χ3v) is 4.04. The molecule has 0 radical (unpaired) electrons. The lowest BCUT2D eigenvalue weighted by Gasteiger charge is -2.10. The molecular weight excluding hydrogens is 359 g/mol. The highest BCUT2D eigenvalue weighted by molar-refractivity contribution is 5.79. The van der Waals surface area contributed by atoms with Crippen molar-refractivity contribution in [2.45, 2.75) is 26.3 Å². The maximum Gasteiger partial charge on any atom is 0.226 e. The molecule has 0 bridgehead atoms. The number of oxazole rings is 1. The first-order valence-electron chi connectivity index (χ1n) is 9.44. The molecule has 0 aliphatic heterocycles. The molecule has 0 fully saturated rings. The minimum atomic E-state index is -0.278. The highest BCUT2D eigenvalue weighted by Gasteiger charge is 2.07. The summed E-state index contributed by atoms with van der Waals surface area (Å²) in [5.74, 6) is 0.999. The molecule has 0 atom stereocenters. The first-order chi connectivity index (χ1) is 13.7. The van der Waals surface area contributed by atoms with Crippen LogP contribution in [-0.2, 0) is 13.0 Å². The predicted molar refractivity (Wildman–Crippen MR) is 106 cm³/mol. The average molecular weight is 384 g/mol. The van der Waals surface area contributed by atoms with Crippen LogP contribution in [0.25, 0.3) is 11.5 Å². The van der Waals surface area contributed by atoms with Gasteiger partial charge >= 0.3 is 0 Å². The fourth-order valence-corrected chi connectivity index (χ4v) is 2.65. The molecule has 8 heteroatoms. The number of guanidine groups is 1. The first-order valence-corrected chi connectivity index (χ1v) is 9.44. The molecule has 7 nitrogen and oxygen atoms in total. The van der Waals surface area contributed by atoms with E-state index in [0.29, 0.717) is 25.4 Å². The van der Waals surface area contributed by atoms with Gasteiger partial charge in [0.05, 0.1) is 5.69 Å². The number of nitrogens with one attached hydrogen (secondary N) is 2. The predicted octanol–water partition coefficient (Wildman–Crippen LogP) is 2.87. The monoisotopic (exact) mass is 384 g/mol. The summed E-state index contributed by atoms with van der Waals surface area (Å²) in [5.41, 5.74) is 1.59. The van der Waals surface area contributed by atoms with Gasteiger partial charge in [-0.2, -0.15) is 5.10 Å². The second kappa shape index (κ2) is 10.2. The van der Waals surface area contributed by atoms with E-state index in [0.717, 1.165) is 36.7 Å². The van der Waals surface area contributed by atoms with Crippen LogP contribution in [0.15, 0.2) is 58.4 Å². The molecule has 3 rings (SSSR count). The van der Waals surface area contributed by atoms with Crippen molar-refractivity contribution < 1.29 is 8.81 Å². The van der Waals surface area contributed by atoms with E-state index in [1.807, 2.05) is 23.9 Å². The Kier molecular flexibility index (Phi) is 7.17. The normalized spacial score (nSPS) is 11.6. The van der Waals surface area contributed by atoms with Gasteiger partial charge in [0.2, 0.25) is 5.89 Å². The number of hydrogen-bond donors (Lipinski definition) is 2. The van der Waals surface area contributed by atoms with Crippen molar-refractivity contribution in [3.63, 3.8) is 0 Å². The summed E-state index contributed by atoms with van der Waals surface area (Å²) < 4.78 is 20.4. The van der Waals surface area contributed by atoms with Crippen LogP contribution >= 0.6 is 0 Å². The highest BCUT2D eigenvalue weighted by atomic mass is 19.1. The van der Waals surface area contributed by atoms with E-state index >= 15 is 0 Å². The van der Waals surface area contributed by atoms with E-state index in [9.17, 15) is 4.39 Å². The maximum atomic E-state index is 13.0. The van der Waals surface area contributed by atoms with Crippen LogP contribution in [0, 0.1) is 5.82 Å². The fourth-order valence-electron chi connectivity index (χ4n) is 2.65. The lowest BCUT2D eigenvalue weighted by molar-refractivity contribution is 0.571. The van der Waals surface area contributed by atoms with Crippen LogP contribution in [0.5, 0.6) is 0 Å². The summed E-state index contributed by atoms with van der Waals surface area (Å²) in [7, 11) is 0.